The minimum Gasteiger partial charge on any atom is -0.383 e. The molecular weight excluding hydrogens is 242 g/mol. The van der Waals surface area contributed by atoms with Crippen molar-refractivity contribution in [1.29, 1.82) is 0 Å². The zero-order valence-corrected chi connectivity index (χ0v) is 11.7. The highest BCUT2D eigenvalue weighted by atomic mass is 15.3. The molecule has 0 fully saturated rings. The van der Waals surface area contributed by atoms with Crippen LogP contribution < -0.4 is 11.1 Å². The maximum absolute atomic E-state index is 5.90. The normalized spacial score (nSPS) is 11.4. The van der Waals surface area contributed by atoms with Crippen molar-refractivity contribution in [3.05, 3.63) is 6.20 Å². The molecule has 7 heteroatoms. The van der Waals surface area contributed by atoms with E-state index in [1.165, 1.54) is 0 Å². The van der Waals surface area contributed by atoms with Gasteiger partial charge >= 0.3 is 0 Å². The van der Waals surface area contributed by atoms with Crippen LogP contribution in [0, 0.1) is 0 Å². The Morgan fingerprint density at radius 3 is 2.74 bits per heavy atom. The van der Waals surface area contributed by atoms with Crippen molar-refractivity contribution in [2.75, 3.05) is 37.2 Å². The summed E-state index contributed by atoms with van der Waals surface area (Å²) in [5.74, 6) is 1.02. The molecule has 0 spiro atoms. The van der Waals surface area contributed by atoms with E-state index in [0.717, 1.165) is 37.2 Å². The van der Waals surface area contributed by atoms with E-state index < -0.39 is 0 Å². The number of anilines is 2. The summed E-state index contributed by atoms with van der Waals surface area (Å²) in [6.07, 6.45) is 1.68. The van der Waals surface area contributed by atoms with Crippen LogP contribution in [0.1, 0.15) is 13.8 Å². The van der Waals surface area contributed by atoms with Gasteiger partial charge in [-0.2, -0.15) is 15.1 Å². The summed E-state index contributed by atoms with van der Waals surface area (Å²) in [4.78, 5) is 11.0. The summed E-state index contributed by atoms with van der Waals surface area (Å²) in [7, 11) is 1.84. The quantitative estimate of drug-likeness (QED) is 0.798. The molecule has 0 aliphatic carbocycles. The lowest BCUT2D eigenvalue weighted by molar-refractivity contribution is 0.316. The van der Waals surface area contributed by atoms with Crippen molar-refractivity contribution >= 4 is 22.8 Å². The van der Waals surface area contributed by atoms with Crippen molar-refractivity contribution in [2.45, 2.75) is 13.8 Å². The molecule has 0 aliphatic rings. The number of likely N-dealkylation sites (N-methyl/N-ethyl adjacent to an activating group) is 1. The second kappa shape index (κ2) is 5.83. The molecule has 0 saturated heterocycles. The third kappa shape index (κ3) is 2.93. The first-order valence-corrected chi connectivity index (χ1v) is 6.57. The van der Waals surface area contributed by atoms with Gasteiger partial charge in [-0.3, -0.25) is 4.68 Å². The maximum atomic E-state index is 5.90. The standard InChI is InChI=1S/C12H21N7/c1-4-19(5-2)7-6-14-12-16-10(13)9-8-15-18(3)11(9)17-12/h8H,4-7H2,1-3H3,(H3,13,14,16,17). The van der Waals surface area contributed by atoms with Gasteiger partial charge in [-0.25, -0.2) is 0 Å². The van der Waals surface area contributed by atoms with Crippen molar-refractivity contribution in [1.82, 2.24) is 24.6 Å². The Morgan fingerprint density at radius 2 is 2.05 bits per heavy atom. The Bertz CT molecular complexity index is 544. The lowest BCUT2D eigenvalue weighted by atomic mass is 10.4. The van der Waals surface area contributed by atoms with Gasteiger partial charge in [0.15, 0.2) is 5.65 Å². The van der Waals surface area contributed by atoms with Gasteiger partial charge in [-0.1, -0.05) is 13.8 Å². The molecule has 3 N–H and O–H groups in total. The minimum absolute atomic E-state index is 0.462. The minimum atomic E-state index is 0.462. The molecule has 0 atom stereocenters. The van der Waals surface area contributed by atoms with E-state index in [-0.39, 0.29) is 0 Å². The zero-order chi connectivity index (χ0) is 13.8. The third-order valence-corrected chi connectivity index (χ3v) is 3.23. The third-order valence-electron chi connectivity index (χ3n) is 3.23. The molecule has 0 aliphatic heterocycles. The van der Waals surface area contributed by atoms with Crippen LogP contribution in [0.3, 0.4) is 0 Å². The van der Waals surface area contributed by atoms with Crippen LogP contribution in [0.15, 0.2) is 6.20 Å². The molecular formula is C12H21N7. The molecule has 0 unspecified atom stereocenters. The zero-order valence-electron chi connectivity index (χ0n) is 11.7. The van der Waals surface area contributed by atoms with Gasteiger partial charge < -0.3 is 16.0 Å². The number of aromatic nitrogens is 4. The van der Waals surface area contributed by atoms with Gasteiger partial charge in [-0.05, 0) is 13.1 Å². The molecule has 104 valence electrons. The van der Waals surface area contributed by atoms with Gasteiger partial charge in [0.05, 0.1) is 11.6 Å². The monoisotopic (exact) mass is 263 g/mol. The van der Waals surface area contributed by atoms with Crippen LogP contribution in [-0.4, -0.2) is 50.8 Å². The Labute approximate surface area is 112 Å². The highest BCUT2D eigenvalue weighted by molar-refractivity contribution is 5.86. The van der Waals surface area contributed by atoms with Crippen molar-refractivity contribution in [3.8, 4) is 0 Å². The number of aryl methyl sites for hydroxylation is 1. The largest absolute Gasteiger partial charge is 0.383 e. The lowest BCUT2D eigenvalue weighted by Crippen LogP contribution is -2.29. The first-order chi connectivity index (χ1) is 9.15. The van der Waals surface area contributed by atoms with E-state index in [1.807, 2.05) is 7.05 Å². The fourth-order valence-electron chi connectivity index (χ4n) is 1.99. The van der Waals surface area contributed by atoms with Gasteiger partial charge in [0, 0.05) is 20.1 Å². The highest BCUT2D eigenvalue weighted by Crippen LogP contribution is 2.17. The Morgan fingerprint density at radius 1 is 1.32 bits per heavy atom. The Kier molecular flexibility index (Phi) is 4.16. The number of rotatable bonds is 6. The first-order valence-electron chi connectivity index (χ1n) is 6.57. The Balaban J connectivity index is 2.06. The summed E-state index contributed by atoms with van der Waals surface area (Å²) in [5.41, 5.74) is 6.65. The summed E-state index contributed by atoms with van der Waals surface area (Å²) in [5, 5.41) is 8.13. The van der Waals surface area contributed by atoms with E-state index in [2.05, 4.69) is 39.1 Å². The van der Waals surface area contributed by atoms with Crippen LogP contribution >= 0.6 is 0 Å². The van der Waals surface area contributed by atoms with E-state index in [0.29, 0.717) is 11.8 Å². The van der Waals surface area contributed by atoms with E-state index in [4.69, 9.17) is 5.73 Å². The molecule has 2 aromatic heterocycles. The summed E-state index contributed by atoms with van der Waals surface area (Å²) < 4.78 is 1.70. The number of fused-ring (bicyclic) bond motifs is 1. The van der Waals surface area contributed by atoms with E-state index >= 15 is 0 Å². The second-order valence-electron chi connectivity index (χ2n) is 4.39. The number of nitrogens with one attached hydrogen (secondary N) is 1. The van der Waals surface area contributed by atoms with Crippen LogP contribution in [0.5, 0.6) is 0 Å². The average molecular weight is 263 g/mol. The predicted molar refractivity (Wildman–Crippen MR) is 77.0 cm³/mol. The molecule has 0 aromatic carbocycles. The SMILES string of the molecule is CCN(CC)CCNc1nc(N)c2cnn(C)c2n1. The highest BCUT2D eigenvalue weighted by Gasteiger charge is 2.09. The van der Waals surface area contributed by atoms with Crippen LogP contribution in [0.25, 0.3) is 11.0 Å². The van der Waals surface area contributed by atoms with E-state index in [9.17, 15) is 0 Å². The molecule has 2 aromatic rings. The molecule has 0 saturated carbocycles. The maximum Gasteiger partial charge on any atom is 0.226 e. The van der Waals surface area contributed by atoms with Crippen molar-refractivity contribution < 1.29 is 0 Å². The van der Waals surface area contributed by atoms with Gasteiger partial charge in [0.2, 0.25) is 5.95 Å². The topological polar surface area (TPSA) is 84.9 Å². The van der Waals surface area contributed by atoms with Crippen LogP contribution in [0.4, 0.5) is 11.8 Å². The second-order valence-corrected chi connectivity index (χ2v) is 4.39. The molecule has 2 rings (SSSR count). The number of nitrogens with two attached hydrogens (primary N) is 1. The number of nitrogens with zero attached hydrogens (tertiary/aromatic N) is 5. The van der Waals surface area contributed by atoms with E-state index in [1.54, 1.807) is 10.9 Å². The molecule has 7 nitrogen and oxygen atoms in total. The van der Waals surface area contributed by atoms with Crippen LogP contribution in [0.2, 0.25) is 0 Å². The van der Waals surface area contributed by atoms with Crippen LogP contribution in [-0.2, 0) is 7.05 Å². The molecule has 19 heavy (non-hydrogen) atoms. The summed E-state index contributed by atoms with van der Waals surface area (Å²) >= 11 is 0. The van der Waals surface area contributed by atoms with Crippen molar-refractivity contribution in [2.24, 2.45) is 7.05 Å². The summed E-state index contributed by atoms with van der Waals surface area (Å²) in [6, 6.07) is 0. The molecule has 0 amide bonds. The fourth-order valence-corrected chi connectivity index (χ4v) is 1.99. The smallest absolute Gasteiger partial charge is 0.226 e. The molecule has 0 bridgehead atoms. The lowest BCUT2D eigenvalue weighted by Gasteiger charge is -2.17. The number of hydrogen-bond donors (Lipinski definition) is 2. The average Bonchev–Trinajstić information content (AvgIpc) is 2.77. The van der Waals surface area contributed by atoms with Gasteiger partial charge in [0.25, 0.3) is 0 Å². The van der Waals surface area contributed by atoms with Gasteiger partial charge in [0.1, 0.15) is 5.82 Å². The Hall–Kier alpha value is -1.89. The van der Waals surface area contributed by atoms with Gasteiger partial charge in [-0.15, -0.1) is 0 Å². The predicted octanol–water partition coefficient (Wildman–Crippen LogP) is 0.699. The van der Waals surface area contributed by atoms with Crippen molar-refractivity contribution in [3.63, 3.8) is 0 Å². The number of nitrogen functional groups attached to an aromatic ring is 1. The molecule has 2 heterocycles. The molecule has 0 radical (unpaired) electrons. The fraction of sp³-hybridized carbons (Fsp3) is 0.583. The number of hydrogen-bond acceptors (Lipinski definition) is 6. The first kappa shape index (κ1) is 13.5. The summed E-state index contributed by atoms with van der Waals surface area (Å²) in [6.45, 7) is 8.15.